The zero-order chi connectivity index (χ0) is 15.2. The summed E-state index contributed by atoms with van der Waals surface area (Å²) in [6.07, 6.45) is 0. The van der Waals surface area contributed by atoms with Crippen LogP contribution in [-0.2, 0) is 0 Å². The summed E-state index contributed by atoms with van der Waals surface area (Å²) in [6.45, 7) is 13.0. The summed E-state index contributed by atoms with van der Waals surface area (Å²) in [5, 5.41) is 3.17. The molecule has 1 aromatic rings. The van der Waals surface area contributed by atoms with Crippen LogP contribution in [0.2, 0.25) is 0 Å². The Morgan fingerprint density at radius 2 is 2.05 bits per heavy atom. The molecule has 0 fully saturated rings. The lowest BCUT2D eigenvalue weighted by atomic mass is 10.1. The smallest absolute Gasteiger partial charge is 0.189 e. The van der Waals surface area contributed by atoms with Crippen molar-refractivity contribution in [2.75, 3.05) is 24.5 Å². The second-order valence-corrected chi connectivity index (χ2v) is 6.06. The van der Waals surface area contributed by atoms with Crippen LogP contribution < -0.4 is 16.0 Å². The number of anilines is 1. The number of hydrogen-bond donors (Lipinski definition) is 2. The van der Waals surface area contributed by atoms with Crippen molar-refractivity contribution in [1.29, 1.82) is 0 Å². The van der Waals surface area contributed by atoms with Crippen LogP contribution in [0.5, 0.6) is 0 Å². The summed E-state index contributed by atoms with van der Waals surface area (Å²) in [6, 6.07) is 8.54. The number of nitrogens with two attached hydrogens (primary N) is 1. The first-order valence-electron chi connectivity index (χ1n) is 7.21. The molecule has 1 rings (SSSR count). The molecule has 0 spiro atoms. The van der Waals surface area contributed by atoms with Crippen molar-refractivity contribution in [3.05, 3.63) is 29.8 Å². The fourth-order valence-corrected chi connectivity index (χ4v) is 2.01. The molecule has 0 aliphatic heterocycles. The highest BCUT2D eigenvalue weighted by molar-refractivity contribution is 5.78. The van der Waals surface area contributed by atoms with E-state index in [1.807, 2.05) is 0 Å². The molecule has 0 radical (unpaired) electrons. The van der Waals surface area contributed by atoms with E-state index in [9.17, 15) is 0 Å². The van der Waals surface area contributed by atoms with E-state index in [-0.39, 0.29) is 5.54 Å². The van der Waals surface area contributed by atoms with Crippen LogP contribution in [0.3, 0.4) is 0 Å². The Hall–Kier alpha value is -1.71. The molecule has 0 saturated heterocycles. The molecule has 0 atom stereocenters. The number of aliphatic imine (C=N–C) groups is 1. The lowest BCUT2D eigenvalue weighted by Gasteiger charge is -2.24. The van der Waals surface area contributed by atoms with Crippen LogP contribution in [0.25, 0.3) is 0 Å². The van der Waals surface area contributed by atoms with E-state index in [2.05, 4.69) is 74.1 Å². The van der Waals surface area contributed by atoms with E-state index in [0.717, 1.165) is 13.1 Å². The molecule has 3 N–H and O–H groups in total. The quantitative estimate of drug-likeness (QED) is 0.642. The number of aryl methyl sites for hydroxylation is 1. The Kier molecular flexibility index (Phi) is 5.86. The van der Waals surface area contributed by atoms with Gasteiger partial charge in [0.15, 0.2) is 5.96 Å². The van der Waals surface area contributed by atoms with Gasteiger partial charge in [0.1, 0.15) is 0 Å². The maximum Gasteiger partial charge on any atom is 0.189 e. The molecule has 0 saturated carbocycles. The van der Waals surface area contributed by atoms with Crippen molar-refractivity contribution in [3.8, 4) is 0 Å². The minimum atomic E-state index is -0.0471. The van der Waals surface area contributed by atoms with Crippen LogP contribution >= 0.6 is 0 Å². The van der Waals surface area contributed by atoms with Gasteiger partial charge in [-0.15, -0.1) is 0 Å². The van der Waals surface area contributed by atoms with E-state index >= 15 is 0 Å². The van der Waals surface area contributed by atoms with Crippen LogP contribution in [0.15, 0.2) is 29.3 Å². The zero-order valence-electron chi connectivity index (χ0n) is 13.4. The normalized spacial score (nSPS) is 12.3. The third kappa shape index (κ3) is 5.95. The SMILES string of the molecule is CCN(CCN=C(N)NC(C)(C)C)c1cccc(C)c1. The van der Waals surface area contributed by atoms with Crippen LogP contribution in [0.1, 0.15) is 33.3 Å². The third-order valence-electron chi connectivity index (χ3n) is 2.90. The minimum Gasteiger partial charge on any atom is -0.370 e. The standard InChI is InChI=1S/C16H28N4/c1-6-20(14-9-7-8-13(2)12-14)11-10-18-15(17)19-16(3,4)5/h7-9,12H,6,10-11H2,1-5H3,(H3,17,18,19). The number of hydrogen-bond acceptors (Lipinski definition) is 2. The Balaban J connectivity index is 2.56. The van der Waals surface area contributed by atoms with Gasteiger partial charge in [-0.1, -0.05) is 12.1 Å². The van der Waals surface area contributed by atoms with Crippen LogP contribution in [0, 0.1) is 6.92 Å². The molecule has 0 unspecified atom stereocenters. The fraction of sp³-hybridized carbons (Fsp3) is 0.562. The Morgan fingerprint density at radius 3 is 2.60 bits per heavy atom. The van der Waals surface area contributed by atoms with Crippen molar-refractivity contribution >= 4 is 11.6 Å². The Morgan fingerprint density at radius 1 is 1.35 bits per heavy atom. The Bertz CT molecular complexity index is 446. The predicted molar refractivity (Wildman–Crippen MR) is 88.4 cm³/mol. The van der Waals surface area contributed by atoms with E-state index in [4.69, 9.17) is 5.73 Å². The molecule has 20 heavy (non-hydrogen) atoms. The first-order valence-corrected chi connectivity index (χ1v) is 7.21. The fourth-order valence-electron chi connectivity index (χ4n) is 2.01. The van der Waals surface area contributed by atoms with Gasteiger partial charge in [-0.2, -0.15) is 0 Å². The molecule has 0 aliphatic carbocycles. The second-order valence-electron chi connectivity index (χ2n) is 6.06. The van der Waals surface area contributed by atoms with Crippen molar-refractivity contribution < 1.29 is 0 Å². The van der Waals surface area contributed by atoms with E-state index in [0.29, 0.717) is 12.5 Å². The van der Waals surface area contributed by atoms with Gasteiger partial charge in [0.2, 0.25) is 0 Å². The second kappa shape index (κ2) is 7.17. The van der Waals surface area contributed by atoms with Gasteiger partial charge >= 0.3 is 0 Å². The van der Waals surface area contributed by atoms with Gasteiger partial charge in [-0.25, -0.2) is 0 Å². The van der Waals surface area contributed by atoms with E-state index in [1.165, 1.54) is 11.3 Å². The number of guanidine groups is 1. The Labute approximate surface area is 123 Å². The molecule has 4 nitrogen and oxygen atoms in total. The maximum atomic E-state index is 5.87. The predicted octanol–water partition coefficient (Wildman–Crippen LogP) is 2.52. The molecular formula is C16H28N4. The lowest BCUT2D eigenvalue weighted by molar-refractivity contribution is 0.508. The molecule has 4 heteroatoms. The zero-order valence-corrected chi connectivity index (χ0v) is 13.4. The minimum absolute atomic E-state index is 0.0471. The van der Waals surface area contributed by atoms with E-state index in [1.54, 1.807) is 0 Å². The molecule has 1 aromatic carbocycles. The van der Waals surface area contributed by atoms with Gasteiger partial charge in [-0.3, -0.25) is 4.99 Å². The van der Waals surface area contributed by atoms with Gasteiger partial charge in [-0.05, 0) is 52.3 Å². The van der Waals surface area contributed by atoms with Crippen LogP contribution in [-0.4, -0.2) is 31.1 Å². The molecular weight excluding hydrogens is 248 g/mol. The topological polar surface area (TPSA) is 53.6 Å². The van der Waals surface area contributed by atoms with Gasteiger partial charge < -0.3 is 16.0 Å². The molecule has 0 aromatic heterocycles. The number of nitrogens with one attached hydrogen (secondary N) is 1. The van der Waals surface area contributed by atoms with Crippen molar-refractivity contribution in [3.63, 3.8) is 0 Å². The average molecular weight is 276 g/mol. The first kappa shape index (κ1) is 16.3. The number of nitrogens with zero attached hydrogens (tertiary/aromatic N) is 2. The highest BCUT2D eigenvalue weighted by atomic mass is 15.2. The van der Waals surface area contributed by atoms with Crippen molar-refractivity contribution in [2.24, 2.45) is 10.7 Å². The average Bonchev–Trinajstić information content (AvgIpc) is 2.32. The maximum absolute atomic E-state index is 5.87. The highest BCUT2D eigenvalue weighted by Crippen LogP contribution is 2.15. The van der Waals surface area contributed by atoms with Crippen LogP contribution in [0.4, 0.5) is 5.69 Å². The number of rotatable bonds is 5. The largest absolute Gasteiger partial charge is 0.370 e. The summed E-state index contributed by atoms with van der Waals surface area (Å²) in [4.78, 5) is 6.69. The summed E-state index contributed by atoms with van der Waals surface area (Å²) in [5.41, 5.74) is 8.34. The number of likely N-dealkylation sites (N-methyl/N-ethyl adjacent to an activating group) is 1. The lowest BCUT2D eigenvalue weighted by Crippen LogP contribution is -2.45. The van der Waals surface area contributed by atoms with Crippen molar-refractivity contribution in [2.45, 2.75) is 40.2 Å². The molecule has 0 aliphatic rings. The summed E-state index contributed by atoms with van der Waals surface area (Å²) in [7, 11) is 0. The van der Waals surface area contributed by atoms with Gasteiger partial charge in [0, 0.05) is 24.3 Å². The first-order chi connectivity index (χ1) is 9.31. The summed E-state index contributed by atoms with van der Waals surface area (Å²) < 4.78 is 0. The van der Waals surface area contributed by atoms with E-state index < -0.39 is 0 Å². The molecule has 0 heterocycles. The summed E-state index contributed by atoms with van der Waals surface area (Å²) in [5.74, 6) is 0.512. The third-order valence-corrected chi connectivity index (χ3v) is 2.90. The van der Waals surface area contributed by atoms with Gasteiger partial charge in [0.25, 0.3) is 0 Å². The number of benzene rings is 1. The summed E-state index contributed by atoms with van der Waals surface area (Å²) >= 11 is 0. The monoisotopic (exact) mass is 276 g/mol. The molecule has 0 amide bonds. The molecule has 112 valence electrons. The van der Waals surface area contributed by atoms with Gasteiger partial charge in [0.05, 0.1) is 6.54 Å². The van der Waals surface area contributed by atoms with Crippen molar-refractivity contribution in [1.82, 2.24) is 5.32 Å². The molecule has 0 bridgehead atoms. The highest BCUT2D eigenvalue weighted by Gasteiger charge is 2.09.